The van der Waals surface area contributed by atoms with Gasteiger partial charge in [0, 0.05) is 13.1 Å². The summed E-state index contributed by atoms with van der Waals surface area (Å²) >= 11 is 0. The van der Waals surface area contributed by atoms with Crippen LogP contribution in [-0.4, -0.2) is 57.3 Å². The topological polar surface area (TPSA) is 106 Å². The number of hydrogen-bond acceptors (Lipinski definition) is 6. The minimum Gasteiger partial charge on any atom is -0.479 e. The maximum atomic E-state index is 12.5. The number of rotatable bonds is 3. The number of carboxylic acids is 1. The van der Waals surface area contributed by atoms with Crippen molar-refractivity contribution in [2.45, 2.75) is 50.7 Å². The lowest BCUT2D eigenvalue weighted by molar-refractivity contribution is -0.155. The number of likely N-dealkylation sites (tertiary alicyclic amines) is 1. The van der Waals surface area contributed by atoms with Gasteiger partial charge in [0.05, 0.1) is 5.92 Å². The van der Waals surface area contributed by atoms with Gasteiger partial charge in [0.2, 0.25) is 5.89 Å². The molecule has 2 saturated heterocycles. The molecule has 0 radical (unpaired) electrons. The molecule has 3 rings (SSSR count). The van der Waals surface area contributed by atoms with Gasteiger partial charge in [-0.15, -0.1) is 0 Å². The van der Waals surface area contributed by atoms with E-state index in [1.54, 1.807) is 11.8 Å². The average Bonchev–Trinajstić information content (AvgIpc) is 3.15. The van der Waals surface area contributed by atoms with Crippen molar-refractivity contribution in [3.63, 3.8) is 0 Å². The smallest absolute Gasteiger partial charge is 0.332 e. The summed E-state index contributed by atoms with van der Waals surface area (Å²) in [6, 6.07) is 0. The molecular formula is C14H19N3O5. The number of nitrogens with zero attached hydrogens (tertiary/aromatic N) is 3. The summed E-state index contributed by atoms with van der Waals surface area (Å²) in [6.45, 7) is 2.93. The quantitative estimate of drug-likeness (QED) is 0.876. The predicted molar refractivity (Wildman–Crippen MR) is 73.1 cm³/mol. The molecule has 1 aromatic heterocycles. The first-order chi connectivity index (χ1) is 10.5. The van der Waals surface area contributed by atoms with Crippen molar-refractivity contribution < 1.29 is 24.0 Å². The van der Waals surface area contributed by atoms with E-state index in [2.05, 4.69) is 10.1 Å². The van der Waals surface area contributed by atoms with Crippen LogP contribution in [0.2, 0.25) is 0 Å². The molecule has 2 aliphatic heterocycles. The van der Waals surface area contributed by atoms with Crippen LogP contribution in [0.25, 0.3) is 0 Å². The minimum atomic E-state index is -1.01. The fourth-order valence-electron chi connectivity index (χ4n) is 3.06. The van der Waals surface area contributed by atoms with Gasteiger partial charge in [-0.1, -0.05) is 5.16 Å². The molecule has 22 heavy (non-hydrogen) atoms. The highest BCUT2D eigenvalue weighted by Crippen LogP contribution is 2.28. The van der Waals surface area contributed by atoms with Crippen LogP contribution in [0.4, 0.5) is 0 Å². The number of piperidine rings is 1. The molecule has 8 nitrogen and oxygen atoms in total. The van der Waals surface area contributed by atoms with Crippen LogP contribution >= 0.6 is 0 Å². The third-order valence-corrected chi connectivity index (χ3v) is 4.20. The highest BCUT2D eigenvalue weighted by molar-refractivity contribution is 5.82. The molecule has 3 atom stereocenters. The van der Waals surface area contributed by atoms with Crippen LogP contribution < -0.4 is 0 Å². The number of hydrogen-bond donors (Lipinski definition) is 1. The second-order valence-corrected chi connectivity index (χ2v) is 5.83. The van der Waals surface area contributed by atoms with Crippen molar-refractivity contribution in [1.82, 2.24) is 15.0 Å². The number of carbonyl (C=O) groups excluding carboxylic acids is 1. The van der Waals surface area contributed by atoms with Gasteiger partial charge in [0.15, 0.2) is 11.9 Å². The van der Waals surface area contributed by atoms with Crippen molar-refractivity contribution in [2.75, 3.05) is 13.1 Å². The molecule has 2 aliphatic rings. The molecule has 1 unspecified atom stereocenters. The van der Waals surface area contributed by atoms with Gasteiger partial charge < -0.3 is 19.3 Å². The number of carbonyl (C=O) groups is 2. The molecule has 0 aliphatic carbocycles. The van der Waals surface area contributed by atoms with Crippen LogP contribution in [0.1, 0.15) is 43.3 Å². The first-order valence-electron chi connectivity index (χ1n) is 7.52. The van der Waals surface area contributed by atoms with E-state index in [4.69, 9.17) is 14.4 Å². The van der Waals surface area contributed by atoms with Gasteiger partial charge in [-0.05, 0) is 32.6 Å². The highest BCUT2D eigenvalue weighted by Gasteiger charge is 2.38. The maximum absolute atomic E-state index is 12.5. The van der Waals surface area contributed by atoms with Gasteiger partial charge in [-0.25, -0.2) is 4.79 Å². The second kappa shape index (κ2) is 6.04. The Morgan fingerprint density at radius 2 is 2.05 bits per heavy atom. The van der Waals surface area contributed by atoms with Gasteiger partial charge in [0.1, 0.15) is 6.10 Å². The normalized spacial score (nSPS) is 28.8. The zero-order chi connectivity index (χ0) is 15.7. The van der Waals surface area contributed by atoms with E-state index in [0.29, 0.717) is 37.6 Å². The summed E-state index contributed by atoms with van der Waals surface area (Å²) in [5.41, 5.74) is 0. The number of aryl methyl sites for hydroxylation is 1. The fraction of sp³-hybridized carbons (Fsp3) is 0.714. The Bertz CT molecular complexity index is 573. The Hall–Kier alpha value is -1.96. The zero-order valence-electron chi connectivity index (χ0n) is 12.4. The third-order valence-electron chi connectivity index (χ3n) is 4.20. The van der Waals surface area contributed by atoms with Crippen LogP contribution in [0.5, 0.6) is 0 Å². The van der Waals surface area contributed by atoms with Crippen LogP contribution in [0.3, 0.4) is 0 Å². The largest absolute Gasteiger partial charge is 0.479 e. The van der Waals surface area contributed by atoms with Gasteiger partial charge in [-0.3, -0.25) is 4.79 Å². The minimum absolute atomic E-state index is 0.0376. The van der Waals surface area contributed by atoms with E-state index in [1.165, 1.54) is 0 Å². The van der Waals surface area contributed by atoms with E-state index in [1.807, 2.05) is 0 Å². The molecule has 0 bridgehead atoms. The molecule has 0 aromatic carbocycles. The number of aromatic nitrogens is 2. The summed E-state index contributed by atoms with van der Waals surface area (Å²) in [5.74, 6) is 0.0426. The van der Waals surface area contributed by atoms with Crippen molar-refractivity contribution in [1.29, 1.82) is 0 Å². The number of ether oxygens (including phenoxy) is 1. The van der Waals surface area contributed by atoms with E-state index >= 15 is 0 Å². The lowest BCUT2D eigenvalue weighted by atomic mass is 9.97. The molecule has 1 aromatic rings. The van der Waals surface area contributed by atoms with Crippen LogP contribution in [-0.2, 0) is 14.3 Å². The summed E-state index contributed by atoms with van der Waals surface area (Å²) in [5, 5.41) is 12.7. The molecule has 0 spiro atoms. The summed E-state index contributed by atoms with van der Waals surface area (Å²) in [6.07, 6.45) is 1.07. The van der Waals surface area contributed by atoms with Gasteiger partial charge >= 0.3 is 5.97 Å². The zero-order valence-corrected chi connectivity index (χ0v) is 12.4. The van der Waals surface area contributed by atoms with Gasteiger partial charge in [0.25, 0.3) is 5.91 Å². The van der Waals surface area contributed by atoms with E-state index in [0.717, 1.165) is 12.8 Å². The molecule has 1 N–H and O–H groups in total. The summed E-state index contributed by atoms with van der Waals surface area (Å²) in [4.78, 5) is 29.4. The molecule has 1 amide bonds. The van der Waals surface area contributed by atoms with Crippen LogP contribution in [0.15, 0.2) is 4.52 Å². The molecular weight excluding hydrogens is 290 g/mol. The first-order valence-corrected chi connectivity index (χ1v) is 7.52. The Morgan fingerprint density at radius 1 is 1.27 bits per heavy atom. The standard InChI is InChI=1S/C14H19N3O5/c1-8-15-12(22-16-8)9-3-2-6-17(7-9)13(18)10-4-5-11(21-10)14(19)20/h9-11H,2-7H2,1H3,(H,19,20)/t9?,10-,11+/m0/s1. The predicted octanol–water partition coefficient (Wildman–Crippen LogP) is 0.716. The van der Waals surface area contributed by atoms with E-state index in [-0.39, 0.29) is 11.8 Å². The fourth-order valence-corrected chi connectivity index (χ4v) is 3.06. The van der Waals surface area contributed by atoms with E-state index in [9.17, 15) is 9.59 Å². The SMILES string of the molecule is Cc1noc(C2CCCN(C(=O)[C@@H]3CC[C@H](C(=O)O)O3)C2)n1. The Morgan fingerprint density at radius 3 is 2.68 bits per heavy atom. The summed E-state index contributed by atoms with van der Waals surface area (Å²) in [7, 11) is 0. The number of carboxylic acid groups (broad SMARTS) is 1. The Kier molecular flexibility index (Phi) is 4.10. The second-order valence-electron chi connectivity index (χ2n) is 5.83. The van der Waals surface area contributed by atoms with Crippen LogP contribution in [0, 0.1) is 6.92 Å². The molecule has 120 valence electrons. The van der Waals surface area contributed by atoms with Crippen molar-refractivity contribution in [3.8, 4) is 0 Å². The molecule has 8 heteroatoms. The number of aliphatic carboxylic acids is 1. The average molecular weight is 309 g/mol. The Balaban J connectivity index is 1.62. The Labute approximate surface area is 127 Å². The summed E-state index contributed by atoms with van der Waals surface area (Å²) < 4.78 is 10.5. The molecule has 3 heterocycles. The lowest BCUT2D eigenvalue weighted by Crippen LogP contribution is -2.44. The molecule has 2 fully saturated rings. The first kappa shape index (κ1) is 15.0. The highest BCUT2D eigenvalue weighted by atomic mass is 16.5. The third kappa shape index (κ3) is 2.96. The number of amides is 1. The maximum Gasteiger partial charge on any atom is 0.332 e. The van der Waals surface area contributed by atoms with Crippen molar-refractivity contribution >= 4 is 11.9 Å². The van der Waals surface area contributed by atoms with E-state index < -0.39 is 18.2 Å². The lowest BCUT2D eigenvalue weighted by Gasteiger charge is -2.32. The van der Waals surface area contributed by atoms with Gasteiger partial charge in [-0.2, -0.15) is 4.98 Å². The molecule has 0 saturated carbocycles. The monoisotopic (exact) mass is 309 g/mol. The van der Waals surface area contributed by atoms with Crippen molar-refractivity contribution in [2.24, 2.45) is 0 Å². The van der Waals surface area contributed by atoms with Crippen molar-refractivity contribution in [3.05, 3.63) is 11.7 Å².